The number of hydrogen-bond donors (Lipinski definition) is 1. The Labute approximate surface area is 147 Å². The molecule has 1 saturated heterocycles. The summed E-state index contributed by atoms with van der Waals surface area (Å²) in [7, 11) is 1.64. The average molecular weight is 400 g/mol. The van der Waals surface area contributed by atoms with Gasteiger partial charge in [0.15, 0.2) is 10.4 Å². The van der Waals surface area contributed by atoms with Crippen LogP contribution in [0.3, 0.4) is 0 Å². The van der Waals surface area contributed by atoms with Crippen molar-refractivity contribution in [2.75, 3.05) is 25.1 Å². The van der Waals surface area contributed by atoms with Gasteiger partial charge in [-0.2, -0.15) is 0 Å². The van der Waals surface area contributed by atoms with E-state index in [0.29, 0.717) is 22.0 Å². The van der Waals surface area contributed by atoms with Crippen molar-refractivity contribution in [2.45, 2.75) is 12.5 Å². The number of rotatable bonds is 4. The summed E-state index contributed by atoms with van der Waals surface area (Å²) in [5.74, 6) is 0.868. The fraction of sp³-hybridized carbons (Fsp3) is 0.312. The van der Waals surface area contributed by atoms with E-state index in [2.05, 4.69) is 26.1 Å². The number of nitrogens with zero attached hydrogens (tertiary/aromatic N) is 1. The molecule has 7 heteroatoms. The number of anilines is 1. The molecular formula is C16H16BrClN2O3. The maximum Gasteiger partial charge on any atom is 0.287 e. The predicted octanol–water partition coefficient (Wildman–Crippen LogP) is 3.71. The van der Waals surface area contributed by atoms with Crippen molar-refractivity contribution in [3.05, 3.63) is 45.8 Å². The average Bonchev–Trinajstić information content (AvgIpc) is 3.16. The van der Waals surface area contributed by atoms with Gasteiger partial charge >= 0.3 is 0 Å². The van der Waals surface area contributed by atoms with Gasteiger partial charge in [-0.25, -0.2) is 0 Å². The molecule has 122 valence electrons. The van der Waals surface area contributed by atoms with Crippen molar-refractivity contribution in [3.8, 4) is 5.75 Å². The van der Waals surface area contributed by atoms with E-state index in [1.54, 1.807) is 25.3 Å². The highest BCUT2D eigenvalue weighted by molar-refractivity contribution is 9.10. The maximum absolute atomic E-state index is 12.1. The number of hydrogen-bond acceptors (Lipinski definition) is 4. The monoisotopic (exact) mass is 398 g/mol. The molecule has 5 nitrogen and oxygen atoms in total. The zero-order valence-corrected chi connectivity index (χ0v) is 14.9. The summed E-state index contributed by atoms with van der Waals surface area (Å²) in [6, 6.07) is 8.93. The fourth-order valence-electron chi connectivity index (χ4n) is 2.70. The van der Waals surface area contributed by atoms with E-state index in [4.69, 9.17) is 20.8 Å². The summed E-state index contributed by atoms with van der Waals surface area (Å²) < 4.78 is 11.2. The molecule has 1 unspecified atom stereocenters. The lowest BCUT2D eigenvalue weighted by molar-refractivity contribution is 0.0911. The van der Waals surface area contributed by atoms with Crippen molar-refractivity contribution >= 4 is 39.1 Å². The van der Waals surface area contributed by atoms with E-state index < -0.39 is 0 Å². The van der Waals surface area contributed by atoms with E-state index in [0.717, 1.165) is 24.4 Å². The van der Waals surface area contributed by atoms with Crippen LogP contribution < -0.4 is 15.0 Å². The van der Waals surface area contributed by atoms with Gasteiger partial charge in [0, 0.05) is 24.2 Å². The first kappa shape index (κ1) is 16.2. The Kier molecular flexibility index (Phi) is 4.82. The second-order valence-corrected chi connectivity index (χ2v) is 6.54. The Morgan fingerprint density at radius 1 is 1.43 bits per heavy atom. The van der Waals surface area contributed by atoms with Crippen molar-refractivity contribution < 1.29 is 13.9 Å². The second-order valence-electron chi connectivity index (χ2n) is 5.33. The maximum atomic E-state index is 12.1. The van der Waals surface area contributed by atoms with E-state index in [-0.39, 0.29) is 11.9 Å². The Bertz CT molecular complexity index is 719. The molecule has 0 spiro atoms. The third-order valence-electron chi connectivity index (χ3n) is 3.80. The number of nitrogens with one attached hydrogen (secondary N) is 1. The molecule has 1 N–H and O–H groups in total. The highest BCUT2D eigenvalue weighted by Gasteiger charge is 2.27. The molecule has 1 aliphatic heterocycles. The van der Waals surface area contributed by atoms with Crippen molar-refractivity contribution in [1.29, 1.82) is 0 Å². The molecule has 0 bridgehead atoms. The molecule has 2 heterocycles. The van der Waals surface area contributed by atoms with Gasteiger partial charge in [0.25, 0.3) is 5.91 Å². The molecule has 0 radical (unpaired) electrons. The molecule has 1 aromatic heterocycles. The summed E-state index contributed by atoms with van der Waals surface area (Å²) in [5, 5.41) is 3.65. The first-order chi connectivity index (χ1) is 11.1. The molecule has 1 fully saturated rings. The molecule has 1 amide bonds. The number of carbonyl (C=O) groups excluding carboxylic acids is 1. The van der Waals surface area contributed by atoms with Crippen LogP contribution in [0.4, 0.5) is 5.69 Å². The topological polar surface area (TPSA) is 54.7 Å². The smallest absolute Gasteiger partial charge is 0.287 e. The largest absolute Gasteiger partial charge is 0.495 e. The number of carbonyl (C=O) groups is 1. The summed E-state index contributed by atoms with van der Waals surface area (Å²) in [6.07, 6.45) is 0.850. The van der Waals surface area contributed by atoms with Crippen LogP contribution in [-0.2, 0) is 0 Å². The number of methoxy groups -OCH3 is 1. The lowest BCUT2D eigenvalue weighted by Gasteiger charge is -2.21. The van der Waals surface area contributed by atoms with E-state index in [9.17, 15) is 4.79 Å². The first-order valence-electron chi connectivity index (χ1n) is 7.21. The SMILES string of the molecule is COc1ccc(Cl)cc1N1CCC(NC(=O)c2ccc(Br)o2)C1. The molecule has 1 aromatic carbocycles. The Hall–Kier alpha value is -1.66. The van der Waals surface area contributed by atoms with Crippen LogP contribution in [0.2, 0.25) is 5.02 Å². The van der Waals surface area contributed by atoms with E-state index >= 15 is 0 Å². The predicted molar refractivity (Wildman–Crippen MR) is 92.5 cm³/mol. The summed E-state index contributed by atoms with van der Waals surface area (Å²) in [5.41, 5.74) is 0.942. The summed E-state index contributed by atoms with van der Waals surface area (Å²) >= 11 is 9.28. The first-order valence-corrected chi connectivity index (χ1v) is 8.38. The van der Waals surface area contributed by atoms with Crippen LogP contribution in [-0.4, -0.2) is 32.1 Å². The molecule has 0 aliphatic carbocycles. The standard InChI is InChI=1S/C16H16BrClN2O3/c1-22-13-3-2-10(18)8-12(13)20-7-6-11(9-20)19-16(21)14-4-5-15(17)23-14/h2-5,8,11H,6-7,9H2,1H3,(H,19,21). The van der Waals surface area contributed by atoms with Gasteiger partial charge in [-0.05, 0) is 52.7 Å². The third kappa shape index (κ3) is 3.64. The minimum Gasteiger partial charge on any atom is -0.495 e. The van der Waals surface area contributed by atoms with Crippen LogP contribution in [0.15, 0.2) is 39.4 Å². The van der Waals surface area contributed by atoms with E-state index in [1.807, 2.05) is 12.1 Å². The normalized spacial score (nSPS) is 17.3. The van der Waals surface area contributed by atoms with Crippen molar-refractivity contribution in [2.24, 2.45) is 0 Å². The molecule has 1 aliphatic rings. The minimum absolute atomic E-state index is 0.0510. The number of furan rings is 1. The van der Waals surface area contributed by atoms with Crippen LogP contribution in [0.25, 0.3) is 0 Å². The molecule has 23 heavy (non-hydrogen) atoms. The van der Waals surface area contributed by atoms with Crippen LogP contribution in [0, 0.1) is 0 Å². The highest BCUT2D eigenvalue weighted by Crippen LogP contribution is 2.33. The van der Waals surface area contributed by atoms with Gasteiger partial charge in [-0.3, -0.25) is 4.79 Å². The van der Waals surface area contributed by atoms with E-state index in [1.165, 1.54) is 0 Å². The number of ether oxygens (including phenoxy) is 1. The number of benzene rings is 1. The number of halogens is 2. The quantitative estimate of drug-likeness (QED) is 0.851. The van der Waals surface area contributed by atoms with Gasteiger partial charge in [0.1, 0.15) is 5.75 Å². The van der Waals surface area contributed by atoms with Crippen molar-refractivity contribution in [1.82, 2.24) is 5.32 Å². The Morgan fingerprint density at radius 2 is 2.26 bits per heavy atom. The number of amides is 1. The van der Waals surface area contributed by atoms with Gasteiger partial charge < -0.3 is 19.4 Å². The zero-order chi connectivity index (χ0) is 16.4. The second kappa shape index (κ2) is 6.84. The highest BCUT2D eigenvalue weighted by atomic mass is 79.9. The van der Waals surface area contributed by atoms with Gasteiger partial charge in [0.05, 0.1) is 12.8 Å². The summed E-state index contributed by atoms with van der Waals surface area (Å²) in [4.78, 5) is 14.3. The molecular weight excluding hydrogens is 384 g/mol. The Morgan fingerprint density at radius 3 is 2.96 bits per heavy atom. The van der Waals surface area contributed by atoms with Crippen molar-refractivity contribution in [3.63, 3.8) is 0 Å². The molecule has 3 rings (SSSR count). The third-order valence-corrected chi connectivity index (χ3v) is 4.46. The zero-order valence-electron chi connectivity index (χ0n) is 12.5. The van der Waals surface area contributed by atoms with Crippen LogP contribution >= 0.6 is 27.5 Å². The Balaban J connectivity index is 1.67. The summed E-state index contributed by atoms with van der Waals surface area (Å²) in [6.45, 7) is 1.52. The fourth-order valence-corrected chi connectivity index (χ4v) is 3.17. The lowest BCUT2D eigenvalue weighted by Crippen LogP contribution is -2.37. The van der Waals surface area contributed by atoms with Crippen LogP contribution in [0.5, 0.6) is 5.75 Å². The molecule has 1 atom stereocenters. The van der Waals surface area contributed by atoms with Crippen LogP contribution in [0.1, 0.15) is 17.0 Å². The van der Waals surface area contributed by atoms with Gasteiger partial charge in [-0.15, -0.1) is 0 Å². The van der Waals surface area contributed by atoms with Gasteiger partial charge in [0.2, 0.25) is 0 Å². The minimum atomic E-state index is -0.208. The van der Waals surface area contributed by atoms with Gasteiger partial charge in [-0.1, -0.05) is 11.6 Å². The molecule has 2 aromatic rings. The molecule has 0 saturated carbocycles. The lowest BCUT2D eigenvalue weighted by atomic mass is 10.2.